The Hall–Kier alpha value is -1.68. The Balaban J connectivity index is 2.07. The molecule has 1 aromatic rings. The van der Waals surface area contributed by atoms with Crippen molar-refractivity contribution in [1.29, 1.82) is 0 Å². The van der Waals surface area contributed by atoms with Gasteiger partial charge < -0.3 is 10.2 Å². The van der Waals surface area contributed by atoms with Gasteiger partial charge >= 0.3 is 0 Å². The van der Waals surface area contributed by atoms with Crippen molar-refractivity contribution in [2.75, 3.05) is 20.1 Å². The average Bonchev–Trinajstić information content (AvgIpc) is 2.46. The van der Waals surface area contributed by atoms with E-state index in [1.165, 1.54) is 6.92 Å². The SMILES string of the molecule is CC(=O)c1ccc(C(=O)N(C)C2CCNCC2)cc1. The van der Waals surface area contributed by atoms with Crippen molar-refractivity contribution in [2.45, 2.75) is 25.8 Å². The molecule has 0 aliphatic carbocycles. The van der Waals surface area contributed by atoms with Gasteiger partial charge in [0.1, 0.15) is 0 Å². The van der Waals surface area contributed by atoms with E-state index in [0.717, 1.165) is 25.9 Å². The highest BCUT2D eigenvalue weighted by molar-refractivity contribution is 5.97. The van der Waals surface area contributed by atoms with Crippen molar-refractivity contribution in [3.05, 3.63) is 35.4 Å². The summed E-state index contributed by atoms with van der Waals surface area (Å²) in [5.74, 6) is 0.0488. The van der Waals surface area contributed by atoms with Crippen LogP contribution in [0.15, 0.2) is 24.3 Å². The maximum Gasteiger partial charge on any atom is 0.253 e. The normalized spacial score (nSPS) is 16.1. The first-order valence-corrected chi connectivity index (χ1v) is 6.68. The largest absolute Gasteiger partial charge is 0.339 e. The minimum Gasteiger partial charge on any atom is -0.339 e. The van der Waals surface area contributed by atoms with Gasteiger partial charge in [0.2, 0.25) is 0 Å². The van der Waals surface area contributed by atoms with Gasteiger partial charge in [-0.2, -0.15) is 0 Å². The molecule has 102 valence electrons. The molecule has 19 heavy (non-hydrogen) atoms. The van der Waals surface area contributed by atoms with Crippen molar-refractivity contribution < 1.29 is 9.59 Å². The molecular formula is C15H20N2O2. The van der Waals surface area contributed by atoms with E-state index < -0.39 is 0 Å². The maximum atomic E-state index is 12.3. The van der Waals surface area contributed by atoms with Crippen LogP contribution in [-0.2, 0) is 0 Å². The lowest BCUT2D eigenvalue weighted by atomic mass is 10.0. The molecule has 4 nitrogen and oxygen atoms in total. The first-order valence-electron chi connectivity index (χ1n) is 6.68. The number of hydrogen-bond donors (Lipinski definition) is 1. The van der Waals surface area contributed by atoms with Crippen LogP contribution in [0.1, 0.15) is 40.5 Å². The van der Waals surface area contributed by atoms with E-state index in [4.69, 9.17) is 0 Å². The highest BCUT2D eigenvalue weighted by atomic mass is 16.2. The van der Waals surface area contributed by atoms with Crippen molar-refractivity contribution in [1.82, 2.24) is 10.2 Å². The predicted molar refractivity (Wildman–Crippen MR) is 74.4 cm³/mol. The Morgan fingerprint density at radius 1 is 1.11 bits per heavy atom. The van der Waals surface area contributed by atoms with E-state index in [9.17, 15) is 9.59 Å². The third-order valence-corrected chi connectivity index (χ3v) is 3.72. The van der Waals surface area contributed by atoms with Gasteiger partial charge in [-0.1, -0.05) is 12.1 Å². The van der Waals surface area contributed by atoms with Crippen molar-refractivity contribution in [3.63, 3.8) is 0 Å². The van der Waals surface area contributed by atoms with Crippen LogP contribution in [0.4, 0.5) is 0 Å². The minimum atomic E-state index is 0.0192. The van der Waals surface area contributed by atoms with Gasteiger partial charge in [-0.25, -0.2) is 0 Å². The van der Waals surface area contributed by atoms with Crippen LogP contribution >= 0.6 is 0 Å². The number of piperidine rings is 1. The molecule has 0 bridgehead atoms. The lowest BCUT2D eigenvalue weighted by molar-refractivity contribution is 0.0703. The van der Waals surface area contributed by atoms with Gasteiger partial charge in [0.25, 0.3) is 5.91 Å². The molecule has 1 heterocycles. The number of carbonyl (C=O) groups is 2. The van der Waals surface area contributed by atoms with Crippen LogP contribution in [0.5, 0.6) is 0 Å². The van der Waals surface area contributed by atoms with Crippen LogP contribution in [0.3, 0.4) is 0 Å². The third kappa shape index (κ3) is 3.20. The van der Waals surface area contributed by atoms with E-state index in [1.54, 1.807) is 24.3 Å². The number of carbonyl (C=O) groups excluding carboxylic acids is 2. The summed E-state index contributed by atoms with van der Waals surface area (Å²) in [6, 6.07) is 7.20. The second kappa shape index (κ2) is 5.97. The van der Waals surface area contributed by atoms with E-state index in [1.807, 2.05) is 11.9 Å². The van der Waals surface area contributed by atoms with Gasteiger partial charge in [-0.05, 0) is 45.0 Å². The predicted octanol–water partition coefficient (Wildman–Crippen LogP) is 1.71. The fourth-order valence-electron chi connectivity index (χ4n) is 2.41. The van der Waals surface area contributed by atoms with Gasteiger partial charge in [0.05, 0.1) is 0 Å². The summed E-state index contributed by atoms with van der Waals surface area (Å²) in [4.78, 5) is 25.4. The molecule has 0 spiro atoms. The number of amides is 1. The lowest BCUT2D eigenvalue weighted by Crippen LogP contribution is -2.43. The van der Waals surface area contributed by atoms with E-state index in [2.05, 4.69) is 5.32 Å². The Morgan fingerprint density at radius 3 is 2.16 bits per heavy atom. The molecule has 1 fully saturated rings. The second-order valence-electron chi connectivity index (χ2n) is 5.03. The summed E-state index contributed by atoms with van der Waals surface area (Å²) in [5.41, 5.74) is 1.28. The number of nitrogens with zero attached hydrogens (tertiary/aromatic N) is 1. The molecule has 1 saturated heterocycles. The topological polar surface area (TPSA) is 49.4 Å². The van der Waals surface area contributed by atoms with Crippen LogP contribution in [0.25, 0.3) is 0 Å². The molecule has 0 radical (unpaired) electrons. The molecule has 1 amide bonds. The van der Waals surface area contributed by atoms with Gasteiger partial charge in [0.15, 0.2) is 5.78 Å². The molecule has 1 N–H and O–H groups in total. The molecule has 1 aromatic carbocycles. The molecule has 1 aliphatic heterocycles. The Labute approximate surface area is 113 Å². The third-order valence-electron chi connectivity index (χ3n) is 3.72. The Kier molecular flexibility index (Phi) is 4.32. The van der Waals surface area contributed by atoms with Crippen LogP contribution < -0.4 is 5.32 Å². The molecule has 2 rings (SSSR count). The fraction of sp³-hybridized carbons (Fsp3) is 0.467. The lowest BCUT2D eigenvalue weighted by Gasteiger charge is -2.31. The van der Waals surface area contributed by atoms with E-state index in [0.29, 0.717) is 17.2 Å². The van der Waals surface area contributed by atoms with Gasteiger partial charge in [-0.15, -0.1) is 0 Å². The van der Waals surface area contributed by atoms with Crippen molar-refractivity contribution in [3.8, 4) is 0 Å². The van der Waals surface area contributed by atoms with Gasteiger partial charge in [0, 0.05) is 24.2 Å². The second-order valence-corrected chi connectivity index (χ2v) is 5.03. The number of hydrogen-bond acceptors (Lipinski definition) is 3. The Bertz CT molecular complexity index is 462. The highest BCUT2D eigenvalue weighted by Crippen LogP contribution is 2.14. The zero-order valence-electron chi connectivity index (χ0n) is 11.5. The van der Waals surface area contributed by atoms with Crippen molar-refractivity contribution in [2.24, 2.45) is 0 Å². The summed E-state index contributed by atoms with van der Waals surface area (Å²) in [6.45, 7) is 3.45. The quantitative estimate of drug-likeness (QED) is 0.842. The Morgan fingerprint density at radius 2 is 1.63 bits per heavy atom. The number of benzene rings is 1. The van der Waals surface area contributed by atoms with E-state index in [-0.39, 0.29) is 11.7 Å². The van der Waals surface area contributed by atoms with Crippen LogP contribution in [0.2, 0.25) is 0 Å². The van der Waals surface area contributed by atoms with Gasteiger partial charge in [-0.3, -0.25) is 9.59 Å². The molecule has 1 aliphatic rings. The number of ketones is 1. The highest BCUT2D eigenvalue weighted by Gasteiger charge is 2.22. The molecule has 0 saturated carbocycles. The average molecular weight is 260 g/mol. The molecule has 4 heteroatoms. The van der Waals surface area contributed by atoms with E-state index >= 15 is 0 Å². The molecular weight excluding hydrogens is 240 g/mol. The summed E-state index contributed by atoms with van der Waals surface area (Å²) >= 11 is 0. The summed E-state index contributed by atoms with van der Waals surface area (Å²) < 4.78 is 0. The zero-order valence-corrected chi connectivity index (χ0v) is 11.5. The summed E-state index contributed by atoms with van der Waals surface area (Å²) in [6.07, 6.45) is 1.99. The van der Waals surface area contributed by atoms with Crippen molar-refractivity contribution >= 4 is 11.7 Å². The molecule has 0 unspecified atom stereocenters. The minimum absolute atomic E-state index is 0.0192. The first-order chi connectivity index (χ1) is 9.09. The molecule has 0 atom stereocenters. The number of nitrogens with one attached hydrogen (secondary N) is 1. The maximum absolute atomic E-state index is 12.3. The smallest absolute Gasteiger partial charge is 0.253 e. The van der Waals surface area contributed by atoms with Crippen LogP contribution in [-0.4, -0.2) is 42.8 Å². The van der Waals surface area contributed by atoms with Crippen LogP contribution in [0, 0.1) is 0 Å². The number of rotatable bonds is 3. The monoisotopic (exact) mass is 260 g/mol. The fourth-order valence-corrected chi connectivity index (χ4v) is 2.41. The standard InChI is InChI=1S/C15H20N2O2/c1-11(18)12-3-5-13(6-4-12)15(19)17(2)14-7-9-16-10-8-14/h3-6,14,16H,7-10H2,1-2H3. The number of Topliss-reactive ketones (excluding diaryl/α,β-unsaturated/α-hetero) is 1. The summed E-state index contributed by atoms with van der Waals surface area (Å²) in [7, 11) is 1.86. The molecule has 0 aromatic heterocycles. The summed E-state index contributed by atoms with van der Waals surface area (Å²) in [5, 5.41) is 3.29. The zero-order chi connectivity index (χ0) is 13.8. The first kappa shape index (κ1) is 13.7.